The van der Waals surface area contributed by atoms with Crippen molar-refractivity contribution in [3.05, 3.63) is 33.3 Å². The van der Waals surface area contributed by atoms with Crippen molar-refractivity contribution in [3.8, 4) is 6.07 Å². The minimum atomic E-state index is -4.67. The number of benzene rings is 1. The van der Waals surface area contributed by atoms with Crippen molar-refractivity contribution >= 4 is 21.9 Å². The van der Waals surface area contributed by atoms with Crippen molar-refractivity contribution in [3.63, 3.8) is 0 Å². The second-order valence-electron chi connectivity index (χ2n) is 3.21. The Hall–Kier alpha value is -1.55. The molecule has 1 rings (SSSR count). The van der Waals surface area contributed by atoms with Crippen LogP contribution in [0, 0.1) is 11.3 Å². The van der Waals surface area contributed by atoms with E-state index in [-0.39, 0.29) is 16.6 Å². The van der Waals surface area contributed by atoms with Gasteiger partial charge in [-0.2, -0.15) is 18.4 Å². The van der Waals surface area contributed by atoms with Gasteiger partial charge in [0.1, 0.15) is 0 Å². The van der Waals surface area contributed by atoms with Gasteiger partial charge in [-0.1, -0.05) is 15.9 Å². The number of ether oxygens (including phenoxy) is 1. The molecule has 1 aromatic rings. The number of hydrogen-bond donors (Lipinski definition) is 0. The first-order chi connectivity index (χ1) is 8.31. The van der Waals surface area contributed by atoms with Gasteiger partial charge < -0.3 is 4.74 Å². The number of carbonyl (C=O) groups excluding carboxylic acids is 1. The molecule has 0 radical (unpaired) electrons. The average molecular weight is 322 g/mol. The maximum atomic E-state index is 12.7. The Bertz CT molecular complexity index is 520. The van der Waals surface area contributed by atoms with Crippen molar-refractivity contribution in [2.45, 2.75) is 13.1 Å². The number of carbonyl (C=O) groups is 1. The predicted molar refractivity (Wildman–Crippen MR) is 59.8 cm³/mol. The summed E-state index contributed by atoms with van der Waals surface area (Å²) in [6.45, 7) is 1.67. The smallest absolute Gasteiger partial charge is 0.418 e. The van der Waals surface area contributed by atoms with Crippen LogP contribution >= 0.6 is 15.9 Å². The van der Waals surface area contributed by atoms with E-state index in [1.807, 2.05) is 0 Å². The lowest BCUT2D eigenvalue weighted by Crippen LogP contribution is -2.12. The van der Waals surface area contributed by atoms with Crippen LogP contribution < -0.4 is 0 Å². The summed E-state index contributed by atoms with van der Waals surface area (Å²) >= 11 is 2.72. The second-order valence-corrected chi connectivity index (χ2v) is 4.06. The first-order valence-corrected chi connectivity index (χ1v) is 5.58. The maximum absolute atomic E-state index is 12.7. The Morgan fingerprint density at radius 1 is 1.50 bits per heavy atom. The van der Waals surface area contributed by atoms with Crippen LogP contribution in [-0.4, -0.2) is 12.6 Å². The summed E-state index contributed by atoms with van der Waals surface area (Å²) in [4.78, 5) is 11.4. The molecule has 0 aliphatic heterocycles. The third kappa shape index (κ3) is 3.01. The third-order valence-electron chi connectivity index (χ3n) is 2.01. The van der Waals surface area contributed by atoms with Gasteiger partial charge in [-0.25, -0.2) is 4.79 Å². The van der Waals surface area contributed by atoms with Crippen LogP contribution in [0.3, 0.4) is 0 Å². The van der Waals surface area contributed by atoms with Gasteiger partial charge in [0.05, 0.1) is 29.4 Å². The van der Waals surface area contributed by atoms with E-state index in [9.17, 15) is 18.0 Å². The molecule has 0 spiro atoms. The molecule has 0 saturated heterocycles. The zero-order valence-electron chi connectivity index (χ0n) is 9.14. The Balaban J connectivity index is 3.38. The Labute approximate surface area is 109 Å². The van der Waals surface area contributed by atoms with Crippen molar-refractivity contribution in [1.29, 1.82) is 5.26 Å². The summed E-state index contributed by atoms with van der Waals surface area (Å²) in [5.41, 5.74) is -1.83. The molecule has 0 atom stereocenters. The lowest BCUT2D eigenvalue weighted by atomic mass is 10.0. The van der Waals surface area contributed by atoms with Gasteiger partial charge in [0.25, 0.3) is 0 Å². The van der Waals surface area contributed by atoms with Gasteiger partial charge in [-0.3, -0.25) is 0 Å². The Morgan fingerprint density at radius 2 is 2.11 bits per heavy atom. The monoisotopic (exact) mass is 321 g/mol. The molecule has 0 aliphatic carbocycles. The molecule has 0 unspecified atom stereocenters. The maximum Gasteiger partial charge on any atom is 0.418 e. The van der Waals surface area contributed by atoms with Crippen molar-refractivity contribution < 1.29 is 22.7 Å². The first-order valence-electron chi connectivity index (χ1n) is 4.79. The normalized spacial score (nSPS) is 10.9. The number of nitrogens with zero attached hydrogens (tertiary/aromatic N) is 1. The number of esters is 1. The van der Waals surface area contributed by atoms with Crippen molar-refractivity contribution in [2.75, 3.05) is 6.61 Å². The zero-order chi connectivity index (χ0) is 13.9. The molecular formula is C11H7BrF3NO2. The largest absolute Gasteiger partial charge is 0.462 e. The van der Waals surface area contributed by atoms with Gasteiger partial charge in [-0.05, 0) is 19.1 Å². The fourth-order valence-electron chi connectivity index (χ4n) is 1.32. The van der Waals surface area contributed by atoms with E-state index < -0.39 is 23.3 Å². The van der Waals surface area contributed by atoms with Gasteiger partial charge in [0, 0.05) is 4.47 Å². The van der Waals surface area contributed by atoms with E-state index in [4.69, 9.17) is 5.26 Å². The SMILES string of the molecule is CCOC(=O)c1cc(Br)c(C(F)(F)F)c(C#N)c1. The lowest BCUT2D eigenvalue weighted by Gasteiger charge is -2.12. The molecule has 0 heterocycles. The van der Waals surface area contributed by atoms with Crippen LogP contribution in [0.15, 0.2) is 16.6 Å². The van der Waals surface area contributed by atoms with Crippen LogP contribution in [0.25, 0.3) is 0 Å². The highest BCUT2D eigenvalue weighted by molar-refractivity contribution is 9.10. The molecular weight excluding hydrogens is 315 g/mol. The van der Waals surface area contributed by atoms with Crippen LogP contribution in [0.4, 0.5) is 13.2 Å². The topological polar surface area (TPSA) is 50.1 Å². The summed E-state index contributed by atoms with van der Waals surface area (Å²) < 4.78 is 42.3. The third-order valence-corrected chi connectivity index (χ3v) is 2.63. The fourth-order valence-corrected chi connectivity index (χ4v) is 2.00. The first kappa shape index (κ1) is 14.5. The molecule has 0 aromatic heterocycles. The number of halogens is 4. The zero-order valence-corrected chi connectivity index (χ0v) is 10.7. The van der Waals surface area contributed by atoms with Crippen LogP contribution in [0.2, 0.25) is 0 Å². The number of hydrogen-bond acceptors (Lipinski definition) is 3. The summed E-state index contributed by atoms with van der Waals surface area (Å²) in [6.07, 6.45) is -4.67. The lowest BCUT2D eigenvalue weighted by molar-refractivity contribution is -0.138. The second kappa shape index (κ2) is 5.40. The number of rotatable bonds is 2. The number of alkyl halides is 3. The van der Waals surface area contributed by atoms with Crippen molar-refractivity contribution in [1.82, 2.24) is 0 Å². The Kier molecular flexibility index (Phi) is 4.35. The van der Waals surface area contributed by atoms with Crippen LogP contribution in [-0.2, 0) is 10.9 Å². The molecule has 18 heavy (non-hydrogen) atoms. The predicted octanol–water partition coefficient (Wildman–Crippen LogP) is 3.52. The van der Waals surface area contributed by atoms with Crippen LogP contribution in [0.5, 0.6) is 0 Å². The summed E-state index contributed by atoms with van der Waals surface area (Å²) in [6, 6.07) is 3.28. The summed E-state index contributed by atoms with van der Waals surface area (Å²) in [7, 11) is 0. The summed E-state index contributed by atoms with van der Waals surface area (Å²) in [5, 5.41) is 8.72. The van der Waals surface area contributed by atoms with Gasteiger partial charge in [0.15, 0.2) is 0 Å². The number of nitriles is 1. The van der Waals surface area contributed by atoms with E-state index in [0.717, 1.165) is 12.1 Å². The highest BCUT2D eigenvalue weighted by Crippen LogP contribution is 2.37. The minimum Gasteiger partial charge on any atom is -0.462 e. The molecule has 0 aliphatic rings. The molecule has 0 N–H and O–H groups in total. The fraction of sp³-hybridized carbons (Fsp3) is 0.273. The van der Waals surface area contributed by atoms with E-state index in [2.05, 4.69) is 20.7 Å². The quantitative estimate of drug-likeness (QED) is 0.783. The summed E-state index contributed by atoms with van der Waals surface area (Å²) in [5.74, 6) is -0.775. The van der Waals surface area contributed by atoms with E-state index in [1.54, 1.807) is 6.92 Å². The van der Waals surface area contributed by atoms with E-state index in [1.165, 1.54) is 6.07 Å². The average Bonchev–Trinajstić information content (AvgIpc) is 2.26. The molecule has 1 aromatic carbocycles. The minimum absolute atomic E-state index is 0.0966. The van der Waals surface area contributed by atoms with Gasteiger partial charge in [-0.15, -0.1) is 0 Å². The van der Waals surface area contributed by atoms with Crippen LogP contribution in [0.1, 0.15) is 28.4 Å². The van der Waals surface area contributed by atoms with Gasteiger partial charge in [0.2, 0.25) is 0 Å². The van der Waals surface area contributed by atoms with E-state index in [0.29, 0.717) is 0 Å². The highest BCUT2D eigenvalue weighted by Gasteiger charge is 2.36. The molecule has 3 nitrogen and oxygen atoms in total. The highest BCUT2D eigenvalue weighted by atomic mass is 79.9. The molecule has 96 valence electrons. The molecule has 0 amide bonds. The molecule has 0 bridgehead atoms. The van der Waals surface area contributed by atoms with E-state index >= 15 is 0 Å². The molecule has 7 heteroatoms. The standard InChI is InChI=1S/C11H7BrF3NO2/c1-2-18-10(17)6-3-7(5-16)9(8(12)4-6)11(13,14)15/h3-4H,2H2,1H3. The molecule has 0 fully saturated rings. The van der Waals surface area contributed by atoms with Gasteiger partial charge >= 0.3 is 12.1 Å². The van der Waals surface area contributed by atoms with Crippen molar-refractivity contribution in [2.24, 2.45) is 0 Å². The Morgan fingerprint density at radius 3 is 2.56 bits per heavy atom. The molecule has 0 saturated carbocycles.